The maximum absolute atomic E-state index is 11.9. The second-order valence-corrected chi connectivity index (χ2v) is 4.28. The molecule has 6 nitrogen and oxygen atoms in total. The van der Waals surface area contributed by atoms with Crippen LogP contribution in [0.25, 0.3) is 0 Å². The fraction of sp³-hybridized carbons (Fsp3) is 0.417. The number of pyridine rings is 1. The van der Waals surface area contributed by atoms with Crippen molar-refractivity contribution in [3.63, 3.8) is 0 Å². The Bertz CT molecular complexity index is 489. The molecule has 0 saturated carbocycles. The van der Waals surface area contributed by atoms with Crippen LogP contribution < -0.4 is 10.9 Å². The SMILES string of the molecule is CCCC(C)(NC(=O)c1ccc(=O)[nH]c1)C(=O)O. The number of amides is 1. The van der Waals surface area contributed by atoms with E-state index in [4.69, 9.17) is 5.11 Å². The van der Waals surface area contributed by atoms with Gasteiger partial charge in [0, 0.05) is 12.3 Å². The van der Waals surface area contributed by atoms with Gasteiger partial charge >= 0.3 is 5.97 Å². The lowest BCUT2D eigenvalue weighted by molar-refractivity contribution is -0.144. The van der Waals surface area contributed by atoms with E-state index in [-0.39, 0.29) is 11.1 Å². The molecule has 1 unspecified atom stereocenters. The molecule has 0 aliphatic heterocycles. The maximum Gasteiger partial charge on any atom is 0.329 e. The van der Waals surface area contributed by atoms with Crippen LogP contribution in [0.15, 0.2) is 23.1 Å². The highest BCUT2D eigenvalue weighted by molar-refractivity contribution is 5.97. The first kappa shape index (κ1) is 14.0. The standard InChI is InChI=1S/C12H16N2O4/c1-3-6-12(2,11(17)18)14-10(16)8-4-5-9(15)13-7-8/h4-5,7H,3,6H2,1-2H3,(H,13,15)(H,14,16)(H,17,18). The molecule has 0 bridgehead atoms. The van der Waals surface area contributed by atoms with E-state index in [9.17, 15) is 14.4 Å². The van der Waals surface area contributed by atoms with E-state index >= 15 is 0 Å². The summed E-state index contributed by atoms with van der Waals surface area (Å²) in [6, 6.07) is 2.56. The summed E-state index contributed by atoms with van der Waals surface area (Å²) in [5.41, 5.74) is -1.40. The van der Waals surface area contributed by atoms with Crippen LogP contribution in [0.1, 0.15) is 37.0 Å². The van der Waals surface area contributed by atoms with Crippen LogP contribution in [0, 0.1) is 0 Å². The van der Waals surface area contributed by atoms with Gasteiger partial charge < -0.3 is 15.4 Å². The topological polar surface area (TPSA) is 99.3 Å². The Morgan fingerprint density at radius 3 is 2.56 bits per heavy atom. The van der Waals surface area contributed by atoms with Gasteiger partial charge in [-0.2, -0.15) is 0 Å². The third-order valence-corrected chi connectivity index (χ3v) is 2.66. The Morgan fingerprint density at radius 1 is 1.44 bits per heavy atom. The lowest BCUT2D eigenvalue weighted by Crippen LogP contribution is -2.52. The molecule has 3 N–H and O–H groups in total. The predicted octanol–water partition coefficient (Wildman–Crippen LogP) is 0.748. The highest BCUT2D eigenvalue weighted by atomic mass is 16.4. The number of aromatic amines is 1. The largest absolute Gasteiger partial charge is 0.480 e. The summed E-state index contributed by atoms with van der Waals surface area (Å²) >= 11 is 0. The van der Waals surface area contributed by atoms with Crippen molar-refractivity contribution in [3.05, 3.63) is 34.2 Å². The predicted molar refractivity (Wildman–Crippen MR) is 65.5 cm³/mol. The van der Waals surface area contributed by atoms with Crippen LogP contribution in [-0.2, 0) is 4.79 Å². The van der Waals surface area contributed by atoms with E-state index in [0.29, 0.717) is 12.8 Å². The second kappa shape index (κ2) is 5.48. The van der Waals surface area contributed by atoms with Crippen LogP contribution in [0.5, 0.6) is 0 Å². The maximum atomic E-state index is 11.9. The first-order valence-corrected chi connectivity index (χ1v) is 5.63. The molecular formula is C12H16N2O4. The average Bonchev–Trinajstić information content (AvgIpc) is 2.29. The molecule has 0 aliphatic rings. The van der Waals surface area contributed by atoms with Gasteiger partial charge in [-0.05, 0) is 19.4 Å². The van der Waals surface area contributed by atoms with E-state index in [1.807, 2.05) is 6.92 Å². The minimum Gasteiger partial charge on any atom is -0.480 e. The van der Waals surface area contributed by atoms with Crippen molar-refractivity contribution in [1.82, 2.24) is 10.3 Å². The number of carbonyl (C=O) groups is 2. The Labute approximate surface area is 104 Å². The molecule has 1 aromatic rings. The molecule has 1 atom stereocenters. The van der Waals surface area contributed by atoms with Crippen molar-refractivity contribution in [1.29, 1.82) is 0 Å². The molecule has 98 valence electrons. The van der Waals surface area contributed by atoms with Crippen molar-refractivity contribution in [2.24, 2.45) is 0 Å². The summed E-state index contributed by atoms with van der Waals surface area (Å²) in [5, 5.41) is 11.6. The molecule has 1 heterocycles. The highest BCUT2D eigenvalue weighted by Crippen LogP contribution is 2.13. The number of H-pyrrole nitrogens is 1. The van der Waals surface area contributed by atoms with Gasteiger partial charge in [0.1, 0.15) is 5.54 Å². The molecule has 0 aromatic carbocycles. The van der Waals surface area contributed by atoms with Crippen molar-refractivity contribution >= 4 is 11.9 Å². The van der Waals surface area contributed by atoms with Gasteiger partial charge in [-0.1, -0.05) is 13.3 Å². The van der Waals surface area contributed by atoms with E-state index in [1.165, 1.54) is 25.3 Å². The van der Waals surface area contributed by atoms with Gasteiger partial charge in [-0.15, -0.1) is 0 Å². The first-order valence-electron chi connectivity index (χ1n) is 5.63. The van der Waals surface area contributed by atoms with Crippen LogP contribution >= 0.6 is 0 Å². The normalized spacial score (nSPS) is 13.7. The highest BCUT2D eigenvalue weighted by Gasteiger charge is 2.33. The molecule has 1 rings (SSSR count). The number of carboxylic acid groups (broad SMARTS) is 1. The third kappa shape index (κ3) is 3.19. The molecule has 6 heteroatoms. The zero-order chi connectivity index (χ0) is 13.8. The third-order valence-electron chi connectivity index (χ3n) is 2.66. The molecule has 0 fully saturated rings. The summed E-state index contributed by atoms with van der Waals surface area (Å²) in [6.45, 7) is 3.30. The molecule has 0 spiro atoms. The quantitative estimate of drug-likeness (QED) is 0.720. The van der Waals surface area contributed by atoms with Gasteiger partial charge in [-0.25, -0.2) is 4.79 Å². The van der Waals surface area contributed by atoms with Crippen molar-refractivity contribution in [2.45, 2.75) is 32.2 Å². The van der Waals surface area contributed by atoms with E-state index < -0.39 is 17.4 Å². The van der Waals surface area contributed by atoms with Crippen LogP contribution in [0.4, 0.5) is 0 Å². The number of rotatable bonds is 5. The molecular weight excluding hydrogens is 236 g/mol. The number of carboxylic acids is 1. The second-order valence-electron chi connectivity index (χ2n) is 4.28. The molecule has 18 heavy (non-hydrogen) atoms. The van der Waals surface area contributed by atoms with E-state index in [2.05, 4.69) is 10.3 Å². The van der Waals surface area contributed by atoms with E-state index in [1.54, 1.807) is 0 Å². The van der Waals surface area contributed by atoms with Crippen molar-refractivity contribution < 1.29 is 14.7 Å². The number of aromatic nitrogens is 1. The smallest absolute Gasteiger partial charge is 0.329 e. The monoisotopic (exact) mass is 252 g/mol. The number of hydrogen-bond acceptors (Lipinski definition) is 3. The lowest BCUT2D eigenvalue weighted by Gasteiger charge is -2.25. The fourth-order valence-electron chi connectivity index (χ4n) is 1.60. The van der Waals surface area contributed by atoms with E-state index in [0.717, 1.165) is 0 Å². The molecule has 0 saturated heterocycles. The minimum atomic E-state index is -1.30. The zero-order valence-corrected chi connectivity index (χ0v) is 10.3. The van der Waals surface area contributed by atoms with Gasteiger partial charge in [0.25, 0.3) is 5.91 Å². The van der Waals surface area contributed by atoms with Gasteiger partial charge in [-0.3, -0.25) is 9.59 Å². The minimum absolute atomic E-state index is 0.221. The van der Waals surface area contributed by atoms with Crippen molar-refractivity contribution in [2.75, 3.05) is 0 Å². The van der Waals surface area contributed by atoms with Crippen LogP contribution in [0.2, 0.25) is 0 Å². The van der Waals surface area contributed by atoms with Crippen molar-refractivity contribution in [3.8, 4) is 0 Å². The Hall–Kier alpha value is -2.11. The first-order chi connectivity index (χ1) is 8.39. The number of nitrogens with one attached hydrogen (secondary N) is 2. The summed E-state index contributed by atoms with van der Waals surface area (Å²) in [4.78, 5) is 36.2. The Kier molecular flexibility index (Phi) is 4.25. The number of hydrogen-bond donors (Lipinski definition) is 3. The summed E-state index contributed by atoms with van der Waals surface area (Å²) in [6.07, 6.45) is 2.22. The lowest BCUT2D eigenvalue weighted by atomic mass is 9.96. The number of aliphatic carboxylic acids is 1. The van der Waals surface area contributed by atoms with Gasteiger partial charge in [0.2, 0.25) is 5.56 Å². The summed E-state index contributed by atoms with van der Waals surface area (Å²) in [5.74, 6) is -1.60. The molecule has 1 aromatic heterocycles. The Morgan fingerprint density at radius 2 is 2.11 bits per heavy atom. The molecule has 0 radical (unpaired) electrons. The summed E-state index contributed by atoms with van der Waals surface area (Å²) in [7, 11) is 0. The fourth-order valence-corrected chi connectivity index (χ4v) is 1.60. The number of carbonyl (C=O) groups excluding carboxylic acids is 1. The zero-order valence-electron chi connectivity index (χ0n) is 10.3. The summed E-state index contributed by atoms with van der Waals surface area (Å²) < 4.78 is 0. The Balaban J connectivity index is 2.88. The van der Waals surface area contributed by atoms with Gasteiger partial charge in [0.05, 0.1) is 5.56 Å². The van der Waals surface area contributed by atoms with Gasteiger partial charge in [0.15, 0.2) is 0 Å². The van der Waals surface area contributed by atoms with Crippen LogP contribution in [-0.4, -0.2) is 27.5 Å². The average molecular weight is 252 g/mol. The molecule has 1 amide bonds. The van der Waals surface area contributed by atoms with Crippen LogP contribution in [0.3, 0.4) is 0 Å². The molecule has 0 aliphatic carbocycles.